The Hall–Kier alpha value is -1.08. The molecule has 1 N–H and O–H groups in total. The normalized spacial score (nSPS) is 22.5. The van der Waals surface area contributed by atoms with Gasteiger partial charge in [0.15, 0.2) is 0 Å². The summed E-state index contributed by atoms with van der Waals surface area (Å²) in [6, 6.07) is 8.33. The maximum absolute atomic E-state index is 12.9. The molecule has 1 aromatic carbocycles. The first-order chi connectivity index (χ1) is 13.5. The molecule has 28 heavy (non-hydrogen) atoms. The second kappa shape index (κ2) is 10.6. The molecule has 2 aliphatic heterocycles. The third-order valence-electron chi connectivity index (χ3n) is 5.83. The van der Waals surface area contributed by atoms with Crippen LogP contribution in [0.4, 0.5) is 0 Å². The second-order valence-corrected chi connectivity index (χ2v) is 9.36. The predicted molar refractivity (Wildman–Crippen MR) is 116 cm³/mol. The van der Waals surface area contributed by atoms with E-state index >= 15 is 0 Å². The zero-order chi connectivity index (χ0) is 19.9. The number of nitrogens with one attached hydrogen (secondary N) is 1. The number of hydrogen-bond donors (Lipinski definition) is 1. The number of nitrogens with zero attached hydrogens (tertiary/aromatic N) is 2. The summed E-state index contributed by atoms with van der Waals surface area (Å²) in [5.74, 6) is 1.46. The lowest BCUT2D eigenvalue weighted by Crippen LogP contribution is -2.54. The van der Waals surface area contributed by atoms with Gasteiger partial charge >= 0.3 is 0 Å². The molecule has 2 fully saturated rings. The zero-order valence-electron chi connectivity index (χ0n) is 17.5. The van der Waals surface area contributed by atoms with Crippen LogP contribution in [-0.2, 0) is 4.74 Å². The summed E-state index contributed by atoms with van der Waals surface area (Å²) in [7, 11) is 2.18. The minimum atomic E-state index is 0.0372. The molecule has 3 rings (SSSR count). The van der Waals surface area contributed by atoms with Crippen LogP contribution in [0.3, 0.4) is 0 Å². The molecule has 2 unspecified atom stereocenters. The Kier molecular flexibility index (Phi) is 8.21. The third-order valence-corrected chi connectivity index (χ3v) is 7.03. The Bertz CT molecular complexity index is 626. The minimum Gasteiger partial charge on any atom is -0.377 e. The molecule has 1 aromatic rings. The largest absolute Gasteiger partial charge is 0.377 e. The highest BCUT2D eigenvalue weighted by molar-refractivity contribution is 7.99. The maximum atomic E-state index is 12.9. The topological polar surface area (TPSA) is 44.8 Å². The van der Waals surface area contributed by atoms with Gasteiger partial charge < -0.3 is 15.0 Å². The van der Waals surface area contributed by atoms with Crippen LogP contribution in [0.5, 0.6) is 0 Å². The van der Waals surface area contributed by atoms with E-state index in [1.54, 1.807) is 11.8 Å². The van der Waals surface area contributed by atoms with Crippen molar-refractivity contribution in [3.05, 3.63) is 29.8 Å². The van der Waals surface area contributed by atoms with E-state index in [-0.39, 0.29) is 5.91 Å². The van der Waals surface area contributed by atoms with E-state index in [0.717, 1.165) is 61.8 Å². The number of hydrogen-bond acceptors (Lipinski definition) is 5. The first kappa shape index (κ1) is 21.6. The molecule has 6 heteroatoms. The Morgan fingerprint density at radius 1 is 1.25 bits per heavy atom. The van der Waals surface area contributed by atoms with Gasteiger partial charge in [-0.15, -0.1) is 11.8 Å². The molecule has 0 aliphatic carbocycles. The molecule has 5 nitrogen and oxygen atoms in total. The molecule has 2 saturated heterocycles. The monoisotopic (exact) mass is 405 g/mol. The summed E-state index contributed by atoms with van der Waals surface area (Å²) in [6.45, 7) is 10.4. The van der Waals surface area contributed by atoms with Crippen LogP contribution in [0.25, 0.3) is 0 Å². The number of benzene rings is 1. The van der Waals surface area contributed by atoms with E-state index in [9.17, 15) is 4.79 Å². The number of rotatable bonds is 8. The minimum absolute atomic E-state index is 0.0372. The van der Waals surface area contributed by atoms with E-state index in [1.165, 1.54) is 0 Å². The summed E-state index contributed by atoms with van der Waals surface area (Å²) >= 11 is 1.74. The fourth-order valence-electron chi connectivity index (χ4n) is 3.97. The van der Waals surface area contributed by atoms with Crippen molar-refractivity contribution in [1.82, 2.24) is 15.1 Å². The van der Waals surface area contributed by atoms with Crippen molar-refractivity contribution in [3.63, 3.8) is 0 Å². The maximum Gasteiger partial charge on any atom is 0.252 e. The molecule has 2 atom stereocenters. The quantitative estimate of drug-likeness (QED) is 0.674. The molecule has 0 radical (unpaired) electrons. The second-order valence-electron chi connectivity index (χ2n) is 8.30. The molecule has 2 heterocycles. The standard InChI is InChI=1S/C22H35N3O2S/c1-17(2)20(25-12-10-24(3)11-13-25)15-23-22(26)19-8-4-5-9-21(19)28-16-18-7-6-14-27-18/h4-5,8-9,17-18,20H,6-7,10-16H2,1-3H3,(H,23,26). The van der Waals surface area contributed by atoms with Crippen molar-refractivity contribution >= 4 is 17.7 Å². The first-order valence-electron chi connectivity index (χ1n) is 10.6. The van der Waals surface area contributed by atoms with Crippen LogP contribution in [0.2, 0.25) is 0 Å². The van der Waals surface area contributed by atoms with Crippen molar-refractivity contribution in [2.24, 2.45) is 5.92 Å². The Morgan fingerprint density at radius 2 is 2.00 bits per heavy atom. The molecular formula is C22H35N3O2S. The number of carbonyl (C=O) groups excluding carboxylic acids is 1. The highest BCUT2D eigenvalue weighted by Gasteiger charge is 2.26. The molecule has 0 aromatic heterocycles. The average molecular weight is 406 g/mol. The molecule has 0 bridgehead atoms. The highest BCUT2D eigenvalue weighted by atomic mass is 32.2. The summed E-state index contributed by atoms with van der Waals surface area (Å²) in [6.07, 6.45) is 2.60. The van der Waals surface area contributed by atoms with Crippen molar-refractivity contribution in [2.45, 2.75) is 43.7 Å². The van der Waals surface area contributed by atoms with Crippen LogP contribution >= 0.6 is 11.8 Å². The highest BCUT2D eigenvalue weighted by Crippen LogP contribution is 2.27. The van der Waals surface area contributed by atoms with Crippen LogP contribution in [0.15, 0.2) is 29.2 Å². The van der Waals surface area contributed by atoms with Crippen LogP contribution in [0.1, 0.15) is 37.0 Å². The zero-order valence-corrected chi connectivity index (χ0v) is 18.3. The van der Waals surface area contributed by atoms with Gasteiger partial charge in [-0.25, -0.2) is 0 Å². The van der Waals surface area contributed by atoms with E-state index in [1.807, 2.05) is 18.2 Å². The molecular weight excluding hydrogens is 370 g/mol. The van der Waals surface area contributed by atoms with Crippen molar-refractivity contribution in [2.75, 3.05) is 52.1 Å². The van der Waals surface area contributed by atoms with Crippen molar-refractivity contribution < 1.29 is 9.53 Å². The third kappa shape index (κ3) is 5.96. The van der Waals surface area contributed by atoms with Gasteiger partial charge in [0.2, 0.25) is 0 Å². The molecule has 1 amide bonds. The fraction of sp³-hybridized carbons (Fsp3) is 0.682. The van der Waals surface area contributed by atoms with E-state index in [4.69, 9.17) is 4.74 Å². The first-order valence-corrected chi connectivity index (χ1v) is 11.6. The summed E-state index contributed by atoms with van der Waals surface area (Å²) < 4.78 is 5.72. The van der Waals surface area contributed by atoms with Crippen LogP contribution in [-0.4, -0.2) is 80.0 Å². The Morgan fingerprint density at radius 3 is 2.68 bits per heavy atom. The van der Waals surface area contributed by atoms with E-state index in [2.05, 4.69) is 42.1 Å². The van der Waals surface area contributed by atoms with Crippen LogP contribution < -0.4 is 5.32 Å². The lowest BCUT2D eigenvalue weighted by atomic mass is 10.0. The van der Waals surface area contributed by atoms with Gasteiger partial charge in [-0.3, -0.25) is 9.69 Å². The molecule has 0 spiro atoms. The summed E-state index contributed by atoms with van der Waals surface area (Å²) in [4.78, 5) is 18.9. The Labute approximate surface area is 174 Å². The number of likely N-dealkylation sites (N-methyl/N-ethyl adjacent to an activating group) is 1. The van der Waals surface area contributed by atoms with E-state index < -0.39 is 0 Å². The number of amides is 1. The SMILES string of the molecule is CC(C)C(CNC(=O)c1ccccc1SCC1CCCO1)N1CCN(C)CC1. The van der Waals surface area contributed by atoms with Gasteiger partial charge in [-0.2, -0.15) is 0 Å². The van der Waals surface area contributed by atoms with Crippen molar-refractivity contribution in [1.29, 1.82) is 0 Å². The summed E-state index contributed by atoms with van der Waals surface area (Å²) in [5, 5.41) is 3.22. The Balaban J connectivity index is 1.57. The number of ether oxygens (including phenoxy) is 1. The van der Waals surface area contributed by atoms with Gasteiger partial charge in [0.05, 0.1) is 11.7 Å². The van der Waals surface area contributed by atoms with Gasteiger partial charge in [-0.1, -0.05) is 26.0 Å². The molecule has 156 valence electrons. The van der Waals surface area contributed by atoms with Gasteiger partial charge in [-0.05, 0) is 37.9 Å². The summed E-state index contributed by atoms with van der Waals surface area (Å²) in [5.41, 5.74) is 0.784. The average Bonchev–Trinajstić information content (AvgIpc) is 3.21. The van der Waals surface area contributed by atoms with Gasteiger partial charge in [0.25, 0.3) is 5.91 Å². The fourth-order valence-corrected chi connectivity index (χ4v) is 5.09. The van der Waals surface area contributed by atoms with Gasteiger partial charge in [0, 0.05) is 56.0 Å². The number of thioether (sulfide) groups is 1. The van der Waals surface area contributed by atoms with Gasteiger partial charge in [0.1, 0.15) is 0 Å². The van der Waals surface area contributed by atoms with Crippen LogP contribution in [0, 0.1) is 5.92 Å². The lowest BCUT2D eigenvalue weighted by Gasteiger charge is -2.40. The smallest absolute Gasteiger partial charge is 0.252 e. The number of carbonyl (C=O) groups is 1. The lowest BCUT2D eigenvalue weighted by molar-refractivity contribution is 0.0789. The van der Waals surface area contributed by atoms with Crippen molar-refractivity contribution in [3.8, 4) is 0 Å². The predicted octanol–water partition coefficient (Wildman–Crippen LogP) is 2.96. The van der Waals surface area contributed by atoms with E-state index in [0.29, 0.717) is 24.6 Å². The molecule has 0 saturated carbocycles. The number of piperazine rings is 1. The molecule has 2 aliphatic rings.